The molecule has 7 rings (SSSR count). The summed E-state index contributed by atoms with van der Waals surface area (Å²) in [7, 11) is 0. The maximum Gasteiger partial charge on any atom is 0.0715 e. The molecule has 0 fully saturated rings. The molecular weight excluding hydrogens is 512 g/mol. The maximum atomic E-state index is 5.21. The molecule has 0 aliphatic heterocycles. The summed E-state index contributed by atoms with van der Waals surface area (Å²) in [5, 5.41) is 0. The lowest BCUT2D eigenvalue weighted by atomic mass is 9.95. The summed E-state index contributed by atoms with van der Waals surface area (Å²) in [6.45, 7) is 0. The van der Waals surface area contributed by atoms with Crippen LogP contribution in [-0.2, 0) is 0 Å². The molecule has 4 aromatic heterocycles. The van der Waals surface area contributed by atoms with Gasteiger partial charge in [0.15, 0.2) is 0 Å². The topological polar surface area (TPSA) is 51.6 Å². The zero-order valence-corrected chi connectivity index (χ0v) is 22.8. The van der Waals surface area contributed by atoms with Gasteiger partial charge in [-0.25, -0.2) is 4.98 Å². The lowest BCUT2D eigenvalue weighted by Crippen LogP contribution is -1.93. The van der Waals surface area contributed by atoms with E-state index >= 15 is 0 Å². The highest BCUT2D eigenvalue weighted by atomic mass is 14.7. The molecule has 4 nitrogen and oxygen atoms in total. The molecule has 42 heavy (non-hydrogen) atoms. The van der Waals surface area contributed by atoms with Crippen molar-refractivity contribution in [3.05, 3.63) is 159 Å². The van der Waals surface area contributed by atoms with Gasteiger partial charge in [0.05, 0.1) is 11.4 Å². The van der Waals surface area contributed by atoms with Gasteiger partial charge in [-0.2, -0.15) is 0 Å². The average Bonchev–Trinajstić information content (AvgIpc) is 3.09. The summed E-state index contributed by atoms with van der Waals surface area (Å²) >= 11 is 0. The van der Waals surface area contributed by atoms with Gasteiger partial charge < -0.3 is 0 Å². The summed E-state index contributed by atoms with van der Waals surface area (Å²) in [5.41, 5.74) is 12.7. The summed E-state index contributed by atoms with van der Waals surface area (Å²) in [6, 6.07) is 42.1. The fraction of sp³-hybridized carbons (Fsp3) is 0. The highest BCUT2D eigenvalue weighted by molar-refractivity contribution is 5.81. The van der Waals surface area contributed by atoms with E-state index in [0.29, 0.717) is 0 Å². The van der Waals surface area contributed by atoms with Crippen LogP contribution in [0.5, 0.6) is 0 Å². The Hall–Kier alpha value is -5.74. The van der Waals surface area contributed by atoms with Gasteiger partial charge in [-0.3, -0.25) is 15.0 Å². The second-order valence-corrected chi connectivity index (χ2v) is 10.1. The number of hydrogen-bond donors (Lipinski definition) is 0. The number of benzene rings is 3. The van der Waals surface area contributed by atoms with Crippen LogP contribution in [0.4, 0.5) is 0 Å². The van der Waals surface area contributed by atoms with Crippen molar-refractivity contribution in [3.63, 3.8) is 0 Å². The monoisotopic (exact) mass is 538 g/mol. The smallest absolute Gasteiger partial charge is 0.0715 e. The zero-order chi connectivity index (χ0) is 28.1. The fourth-order valence-corrected chi connectivity index (χ4v) is 5.19. The van der Waals surface area contributed by atoms with Crippen molar-refractivity contribution >= 4 is 0 Å². The van der Waals surface area contributed by atoms with Crippen molar-refractivity contribution in [2.45, 2.75) is 0 Å². The third-order valence-electron chi connectivity index (χ3n) is 7.32. The minimum Gasteiger partial charge on any atom is -0.264 e. The second-order valence-electron chi connectivity index (χ2n) is 10.1. The van der Waals surface area contributed by atoms with E-state index in [1.54, 1.807) is 18.6 Å². The molecule has 7 aromatic rings. The summed E-state index contributed by atoms with van der Waals surface area (Å²) < 4.78 is 0. The van der Waals surface area contributed by atoms with Crippen LogP contribution in [0.3, 0.4) is 0 Å². The predicted octanol–water partition coefficient (Wildman–Crippen LogP) is 9.27. The van der Waals surface area contributed by atoms with Crippen LogP contribution in [0.1, 0.15) is 0 Å². The minimum atomic E-state index is 0.909. The molecule has 4 heteroatoms. The van der Waals surface area contributed by atoms with Gasteiger partial charge in [0.2, 0.25) is 0 Å². The average molecular weight is 539 g/mol. The van der Waals surface area contributed by atoms with E-state index in [9.17, 15) is 0 Å². The number of aromatic nitrogens is 4. The van der Waals surface area contributed by atoms with Gasteiger partial charge in [0.1, 0.15) is 0 Å². The van der Waals surface area contributed by atoms with E-state index < -0.39 is 0 Å². The number of rotatable bonds is 6. The molecule has 0 bridgehead atoms. The lowest BCUT2D eigenvalue weighted by molar-refractivity contribution is 1.31. The van der Waals surface area contributed by atoms with Crippen LogP contribution in [-0.4, -0.2) is 19.9 Å². The summed E-state index contributed by atoms with van der Waals surface area (Å²) in [4.78, 5) is 18.2. The first-order valence-electron chi connectivity index (χ1n) is 13.8. The molecule has 0 radical (unpaired) electrons. The Morgan fingerprint density at radius 2 is 0.619 bits per heavy atom. The maximum absolute atomic E-state index is 5.21. The third kappa shape index (κ3) is 5.34. The molecular formula is C38H26N4. The number of hydrogen-bond acceptors (Lipinski definition) is 4. The molecule has 0 atom stereocenters. The van der Waals surface area contributed by atoms with E-state index in [1.165, 1.54) is 0 Å². The first kappa shape index (κ1) is 25.2. The van der Waals surface area contributed by atoms with Crippen LogP contribution in [0.2, 0.25) is 0 Å². The van der Waals surface area contributed by atoms with Crippen molar-refractivity contribution in [2.24, 2.45) is 0 Å². The van der Waals surface area contributed by atoms with Crippen LogP contribution in [0, 0.1) is 0 Å². The molecule has 0 aliphatic rings. The van der Waals surface area contributed by atoms with E-state index in [0.717, 1.165) is 67.0 Å². The van der Waals surface area contributed by atoms with Gasteiger partial charge in [-0.1, -0.05) is 72.8 Å². The molecule has 0 aliphatic carbocycles. The highest BCUT2D eigenvalue weighted by Gasteiger charge is 2.12. The molecule has 0 amide bonds. The van der Waals surface area contributed by atoms with Gasteiger partial charge in [-0.05, 0) is 76.3 Å². The predicted molar refractivity (Wildman–Crippen MR) is 170 cm³/mol. The Balaban J connectivity index is 1.38. The van der Waals surface area contributed by atoms with Crippen molar-refractivity contribution < 1.29 is 0 Å². The minimum absolute atomic E-state index is 0.909. The largest absolute Gasteiger partial charge is 0.264 e. The molecule has 0 saturated heterocycles. The second kappa shape index (κ2) is 11.4. The third-order valence-corrected chi connectivity index (χ3v) is 7.32. The quantitative estimate of drug-likeness (QED) is 0.212. The zero-order valence-electron chi connectivity index (χ0n) is 22.8. The van der Waals surface area contributed by atoms with Crippen molar-refractivity contribution in [2.75, 3.05) is 0 Å². The molecule has 0 saturated carbocycles. The Labute approximate surface area is 245 Å². The number of nitrogens with zero attached hydrogens (tertiary/aromatic N) is 4. The first-order valence-corrected chi connectivity index (χ1v) is 13.8. The Bertz CT molecular complexity index is 1730. The van der Waals surface area contributed by atoms with Crippen molar-refractivity contribution in [3.8, 4) is 67.0 Å². The Morgan fingerprint density at radius 1 is 0.286 bits per heavy atom. The fourth-order valence-electron chi connectivity index (χ4n) is 5.19. The van der Waals surface area contributed by atoms with Gasteiger partial charge in [0.25, 0.3) is 0 Å². The summed E-state index contributed by atoms with van der Waals surface area (Å²) in [5.74, 6) is 0. The highest BCUT2D eigenvalue weighted by Crippen LogP contribution is 2.34. The van der Waals surface area contributed by atoms with Crippen LogP contribution in [0.25, 0.3) is 67.0 Å². The molecule has 4 heterocycles. The SMILES string of the molecule is c1cncc(-c2cccc(-c3cc(-c4cccc(-c5cccnc5)c4)nc(-c4cccc(-c5cccnc5)c4)c3)c2)c1. The van der Waals surface area contributed by atoms with Crippen LogP contribution >= 0.6 is 0 Å². The molecule has 0 spiro atoms. The number of pyridine rings is 4. The van der Waals surface area contributed by atoms with Gasteiger partial charge >= 0.3 is 0 Å². The molecule has 3 aromatic carbocycles. The van der Waals surface area contributed by atoms with Gasteiger partial charge in [-0.15, -0.1) is 0 Å². The van der Waals surface area contributed by atoms with Gasteiger partial charge in [0, 0.05) is 65.0 Å². The molecule has 0 N–H and O–H groups in total. The van der Waals surface area contributed by atoms with Crippen molar-refractivity contribution in [1.82, 2.24) is 19.9 Å². The van der Waals surface area contributed by atoms with Crippen molar-refractivity contribution in [1.29, 1.82) is 0 Å². The molecule has 0 unspecified atom stereocenters. The standard InChI is InChI=1S/C38H26N4/c1-7-27(33-13-4-16-39-24-33)19-30(10-1)36-22-37(31-11-2-8-28(20-31)34-14-5-17-40-25-34)42-38(23-36)32-12-3-9-29(21-32)35-15-6-18-41-26-35/h1-26H. The Kier molecular flexibility index (Phi) is 6.85. The van der Waals surface area contributed by atoms with Crippen LogP contribution < -0.4 is 0 Å². The molecule has 198 valence electrons. The Morgan fingerprint density at radius 3 is 1.00 bits per heavy atom. The van der Waals surface area contributed by atoms with E-state index in [4.69, 9.17) is 4.98 Å². The summed E-state index contributed by atoms with van der Waals surface area (Å²) in [6.07, 6.45) is 11.1. The normalized spacial score (nSPS) is 10.9. The van der Waals surface area contributed by atoms with E-state index in [2.05, 4.69) is 118 Å². The van der Waals surface area contributed by atoms with E-state index in [1.807, 2.05) is 36.8 Å². The van der Waals surface area contributed by atoms with E-state index in [-0.39, 0.29) is 0 Å². The lowest BCUT2D eigenvalue weighted by Gasteiger charge is -2.13. The van der Waals surface area contributed by atoms with Crippen LogP contribution in [0.15, 0.2) is 159 Å². The first-order chi connectivity index (χ1) is 20.8.